The number of hydrogen-bond acceptors (Lipinski definition) is 3. The summed E-state index contributed by atoms with van der Waals surface area (Å²) < 4.78 is 5.39. The van der Waals surface area contributed by atoms with E-state index in [0.717, 1.165) is 36.2 Å². The molecule has 0 aromatic carbocycles. The Bertz CT molecular complexity index is 402. The van der Waals surface area contributed by atoms with Crippen LogP contribution in [0.1, 0.15) is 40.0 Å². The number of rotatable bonds is 0. The third kappa shape index (κ3) is 2.46. The predicted molar refractivity (Wildman–Crippen MR) is 66.1 cm³/mol. The molecule has 2 N–H and O–H groups in total. The maximum atomic E-state index is 12.0. The summed E-state index contributed by atoms with van der Waals surface area (Å²) in [5.41, 5.74) is 8.53. The zero-order valence-corrected chi connectivity index (χ0v) is 10.7. The van der Waals surface area contributed by atoms with E-state index in [2.05, 4.69) is 6.08 Å². The van der Waals surface area contributed by atoms with Crippen molar-refractivity contribution in [3.8, 4) is 0 Å². The number of carbonyl (C=O) groups excluding carboxylic acids is 1. The van der Waals surface area contributed by atoms with E-state index in [1.807, 2.05) is 20.8 Å². The van der Waals surface area contributed by atoms with Crippen LogP contribution in [0.3, 0.4) is 0 Å². The zero-order chi connectivity index (χ0) is 12.6. The SMILES string of the molecule is CC(C)(C)OC(=O)N1CCC2=C(N)CCC=C21. The highest BCUT2D eigenvalue weighted by Crippen LogP contribution is 2.34. The van der Waals surface area contributed by atoms with Gasteiger partial charge in [-0.2, -0.15) is 0 Å². The minimum atomic E-state index is -0.454. The Balaban J connectivity index is 2.15. The van der Waals surface area contributed by atoms with Crippen molar-refractivity contribution in [1.29, 1.82) is 0 Å². The van der Waals surface area contributed by atoms with Gasteiger partial charge in [0.05, 0.1) is 0 Å². The van der Waals surface area contributed by atoms with Crippen molar-refractivity contribution in [3.05, 3.63) is 23.0 Å². The molecule has 0 aromatic rings. The van der Waals surface area contributed by atoms with Gasteiger partial charge in [-0.25, -0.2) is 4.79 Å². The van der Waals surface area contributed by atoms with Crippen molar-refractivity contribution in [1.82, 2.24) is 4.90 Å². The third-order valence-corrected chi connectivity index (χ3v) is 2.94. The van der Waals surface area contributed by atoms with Gasteiger partial charge in [0.15, 0.2) is 0 Å². The van der Waals surface area contributed by atoms with E-state index in [1.165, 1.54) is 0 Å². The highest BCUT2D eigenvalue weighted by molar-refractivity contribution is 5.73. The molecule has 2 aliphatic rings. The number of likely N-dealkylation sites (tertiary alicyclic amines) is 1. The molecule has 1 heterocycles. The van der Waals surface area contributed by atoms with Crippen LogP contribution in [0.2, 0.25) is 0 Å². The lowest BCUT2D eigenvalue weighted by molar-refractivity contribution is 0.0339. The Morgan fingerprint density at radius 1 is 1.41 bits per heavy atom. The normalized spacial score (nSPS) is 20.2. The zero-order valence-electron chi connectivity index (χ0n) is 10.7. The Morgan fingerprint density at radius 3 is 2.76 bits per heavy atom. The van der Waals surface area contributed by atoms with E-state index in [4.69, 9.17) is 10.5 Å². The summed E-state index contributed by atoms with van der Waals surface area (Å²) in [6.07, 6.45) is 4.47. The molecule has 0 unspecified atom stereocenters. The maximum absolute atomic E-state index is 12.0. The third-order valence-electron chi connectivity index (χ3n) is 2.94. The molecule has 0 spiro atoms. The molecule has 0 aromatic heterocycles. The van der Waals surface area contributed by atoms with Gasteiger partial charge in [-0.05, 0) is 45.6 Å². The minimum absolute atomic E-state index is 0.270. The Morgan fingerprint density at radius 2 is 2.12 bits per heavy atom. The fraction of sp³-hybridized carbons (Fsp3) is 0.615. The summed E-state index contributed by atoms with van der Waals surface area (Å²) in [6, 6.07) is 0. The lowest BCUT2D eigenvalue weighted by Crippen LogP contribution is -2.34. The minimum Gasteiger partial charge on any atom is -0.443 e. The van der Waals surface area contributed by atoms with Crippen molar-refractivity contribution in [2.45, 2.75) is 45.6 Å². The van der Waals surface area contributed by atoms with E-state index < -0.39 is 5.60 Å². The van der Waals surface area contributed by atoms with Crippen LogP contribution in [-0.2, 0) is 4.74 Å². The van der Waals surface area contributed by atoms with E-state index in [0.29, 0.717) is 6.54 Å². The number of allylic oxidation sites excluding steroid dienone is 3. The molecule has 1 saturated heterocycles. The Labute approximate surface area is 102 Å². The van der Waals surface area contributed by atoms with Gasteiger partial charge in [-0.3, -0.25) is 4.90 Å². The van der Waals surface area contributed by atoms with Gasteiger partial charge in [-0.1, -0.05) is 6.08 Å². The first-order valence-electron chi connectivity index (χ1n) is 6.07. The fourth-order valence-electron chi connectivity index (χ4n) is 2.22. The average molecular weight is 236 g/mol. The largest absolute Gasteiger partial charge is 0.443 e. The molecule has 1 amide bonds. The van der Waals surface area contributed by atoms with Crippen molar-refractivity contribution < 1.29 is 9.53 Å². The molecule has 2 rings (SSSR count). The van der Waals surface area contributed by atoms with Gasteiger partial charge in [-0.15, -0.1) is 0 Å². The van der Waals surface area contributed by atoms with Crippen molar-refractivity contribution >= 4 is 6.09 Å². The first-order chi connectivity index (χ1) is 7.88. The van der Waals surface area contributed by atoms with Crippen LogP contribution in [0.5, 0.6) is 0 Å². The van der Waals surface area contributed by atoms with Gasteiger partial charge in [0.25, 0.3) is 0 Å². The lowest BCUT2D eigenvalue weighted by atomic mass is 10.0. The summed E-state index contributed by atoms with van der Waals surface area (Å²) >= 11 is 0. The molecule has 0 atom stereocenters. The standard InChI is InChI=1S/C13H20N2O2/c1-13(2,3)17-12(16)15-8-7-9-10(14)5-4-6-11(9)15/h6H,4-5,7-8,14H2,1-3H3. The molecule has 0 bridgehead atoms. The van der Waals surface area contributed by atoms with Gasteiger partial charge < -0.3 is 10.5 Å². The quantitative estimate of drug-likeness (QED) is 0.703. The Kier molecular flexibility index (Phi) is 2.89. The average Bonchev–Trinajstić information content (AvgIpc) is 2.60. The van der Waals surface area contributed by atoms with E-state index in [9.17, 15) is 4.79 Å². The lowest BCUT2D eigenvalue weighted by Gasteiger charge is -2.26. The fourth-order valence-corrected chi connectivity index (χ4v) is 2.22. The summed E-state index contributed by atoms with van der Waals surface area (Å²) in [6.45, 7) is 6.31. The summed E-state index contributed by atoms with van der Waals surface area (Å²) in [5, 5.41) is 0. The van der Waals surface area contributed by atoms with Gasteiger partial charge in [0.2, 0.25) is 0 Å². The molecular weight excluding hydrogens is 216 g/mol. The molecule has 1 aliphatic heterocycles. The monoisotopic (exact) mass is 236 g/mol. The van der Waals surface area contributed by atoms with Crippen LogP contribution < -0.4 is 5.73 Å². The number of fused-ring (bicyclic) bond motifs is 1. The number of ether oxygens (including phenoxy) is 1. The van der Waals surface area contributed by atoms with Crippen molar-refractivity contribution in [2.75, 3.05) is 6.54 Å². The van der Waals surface area contributed by atoms with Crippen LogP contribution in [0.25, 0.3) is 0 Å². The van der Waals surface area contributed by atoms with Gasteiger partial charge in [0, 0.05) is 17.9 Å². The van der Waals surface area contributed by atoms with Gasteiger partial charge >= 0.3 is 6.09 Å². The van der Waals surface area contributed by atoms with Crippen molar-refractivity contribution in [2.24, 2.45) is 5.73 Å². The summed E-state index contributed by atoms with van der Waals surface area (Å²) in [4.78, 5) is 13.7. The van der Waals surface area contributed by atoms with E-state index in [1.54, 1.807) is 4.90 Å². The summed E-state index contributed by atoms with van der Waals surface area (Å²) in [7, 11) is 0. The van der Waals surface area contributed by atoms with Crippen LogP contribution in [0.15, 0.2) is 23.0 Å². The number of carbonyl (C=O) groups is 1. The van der Waals surface area contributed by atoms with E-state index in [-0.39, 0.29) is 6.09 Å². The molecule has 94 valence electrons. The molecular formula is C13H20N2O2. The maximum Gasteiger partial charge on any atom is 0.414 e. The summed E-state index contributed by atoms with van der Waals surface area (Å²) in [5.74, 6) is 0. The van der Waals surface area contributed by atoms with Gasteiger partial charge in [0.1, 0.15) is 5.60 Å². The number of nitrogens with two attached hydrogens (primary N) is 1. The second-order valence-corrected chi connectivity index (χ2v) is 5.51. The number of hydrogen-bond donors (Lipinski definition) is 1. The van der Waals surface area contributed by atoms with Crippen LogP contribution in [-0.4, -0.2) is 23.1 Å². The first-order valence-corrected chi connectivity index (χ1v) is 6.07. The first kappa shape index (κ1) is 12.0. The van der Waals surface area contributed by atoms with Crippen LogP contribution in [0, 0.1) is 0 Å². The van der Waals surface area contributed by atoms with E-state index >= 15 is 0 Å². The molecule has 1 aliphatic carbocycles. The van der Waals surface area contributed by atoms with Crippen LogP contribution in [0.4, 0.5) is 4.79 Å². The second-order valence-electron chi connectivity index (χ2n) is 5.51. The predicted octanol–water partition coefficient (Wildman–Crippen LogP) is 2.52. The topological polar surface area (TPSA) is 55.6 Å². The molecule has 0 radical (unpaired) electrons. The second kappa shape index (κ2) is 4.09. The highest BCUT2D eigenvalue weighted by Gasteiger charge is 2.33. The Hall–Kier alpha value is -1.45. The molecule has 0 saturated carbocycles. The molecule has 4 nitrogen and oxygen atoms in total. The number of amides is 1. The highest BCUT2D eigenvalue weighted by atomic mass is 16.6. The molecule has 17 heavy (non-hydrogen) atoms. The van der Waals surface area contributed by atoms with Crippen LogP contribution >= 0.6 is 0 Å². The smallest absolute Gasteiger partial charge is 0.414 e. The van der Waals surface area contributed by atoms with Crippen molar-refractivity contribution in [3.63, 3.8) is 0 Å². The molecule has 4 heteroatoms. The number of nitrogens with zero attached hydrogens (tertiary/aromatic N) is 1. The molecule has 1 fully saturated rings.